The second-order valence-corrected chi connectivity index (χ2v) is 8.14. The van der Waals surface area contributed by atoms with Crippen molar-refractivity contribution < 1.29 is 4.79 Å². The molecule has 1 aromatic heterocycles. The third-order valence-corrected chi connectivity index (χ3v) is 5.85. The van der Waals surface area contributed by atoms with Crippen molar-refractivity contribution in [3.05, 3.63) is 51.5 Å². The Kier molecular flexibility index (Phi) is 7.35. The van der Waals surface area contributed by atoms with Gasteiger partial charge in [0.2, 0.25) is 5.91 Å². The maximum Gasteiger partial charge on any atom is 0.230 e. The minimum atomic E-state index is -0.267. The van der Waals surface area contributed by atoms with E-state index in [2.05, 4.69) is 25.1 Å². The van der Waals surface area contributed by atoms with Gasteiger partial charge in [0.1, 0.15) is 5.82 Å². The summed E-state index contributed by atoms with van der Waals surface area (Å²) >= 11 is 12.1. The second kappa shape index (κ2) is 9.74. The van der Waals surface area contributed by atoms with Crippen LogP contribution in [-0.4, -0.2) is 64.9 Å². The molecule has 2 heterocycles. The van der Waals surface area contributed by atoms with Gasteiger partial charge in [-0.25, -0.2) is 4.98 Å². The lowest BCUT2D eigenvalue weighted by molar-refractivity contribution is -0.122. The highest BCUT2D eigenvalue weighted by molar-refractivity contribution is 6.42. The molecule has 3 rings (SSSR count). The van der Waals surface area contributed by atoms with Crippen molar-refractivity contribution in [3.8, 4) is 0 Å². The summed E-state index contributed by atoms with van der Waals surface area (Å²) in [6.07, 6.45) is 1.75. The van der Waals surface area contributed by atoms with Crippen molar-refractivity contribution in [1.29, 1.82) is 0 Å². The van der Waals surface area contributed by atoms with Gasteiger partial charge in [-0.05, 0) is 31.5 Å². The molecule has 1 aromatic carbocycles. The number of carbonyl (C=O) groups is 1. The summed E-state index contributed by atoms with van der Waals surface area (Å²) in [5.74, 6) is 0.454. The van der Waals surface area contributed by atoms with Gasteiger partial charge >= 0.3 is 0 Å². The summed E-state index contributed by atoms with van der Waals surface area (Å²) in [5, 5.41) is 4.21. The number of aryl methyl sites for hydroxylation is 1. The maximum atomic E-state index is 12.3. The van der Waals surface area contributed by atoms with E-state index in [1.807, 2.05) is 32.0 Å². The summed E-state index contributed by atoms with van der Waals surface area (Å²) < 4.78 is 0. The highest BCUT2D eigenvalue weighted by atomic mass is 35.5. The van der Waals surface area contributed by atoms with Gasteiger partial charge in [-0.1, -0.05) is 29.3 Å². The van der Waals surface area contributed by atoms with Crippen molar-refractivity contribution >= 4 is 29.1 Å². The smallest absolute Gasteiger partial charge is 0.230 e. The Labute approximate surface area is 176 Å². The first-order valence-electron chi connectivity index (χ1n) is 9.60. The Morgan fingerprint density at radius 3 is 2.57 bits per heavy atom. The molecule has 8 heteroatoms. The van der Waals surface area contributed by atoms with Crippen LogP contribution in [-0.2, 0) is 11.3 Å². The first-order chi connectivity index (χ1) is 13.4. The lowest BCUT2D eigenvalue weighted by Crippen LogP contribution is -2.48. The molecular weight excluding hydrogens is 397 g/mol. The first kappa shape index (κ1) is 21.1. The molecule has 1 unspecified atom stereocenters. The van der Waals surface area contributed by atoms with Gasteiger partial charge in [0.05, 0.1) is 16.0 Å². The molecule has 1 atom stereocenters. The van der Waals surface area contributed by atoms with E-state index in [0.29, 0.717) is 22.4 Å². The number of aromatic amines is 1. The van der Waals surface area contributed by atoms with Gasteiger partial charge in [0, 0.05) is 57.7 Å². The van der Waals surface area contributed by atoms with Crippen LogP contribution in [0.15, 0.2) is 24.4 Å². The fourth-order valence-corrected chi connectivity index (χ4v) is 3.66. The normalized spacial score (nSPS) is 16.9. The number of carbonyl (C=O) groups excluding carboxylic acids is 1. The molecule has 0 saturated carbocycles. The number of amides is 1. The van der Waals surface area contributed by atoms with Crippen LogP contribution in [0, 0.1) is 6.92 Å². The van der Waals surface area contributed by atoms with Crippen molar-refractivity contribution in [2.45, 2.75) is 26.3 Å². The predicted molar refractivity (Wildman–Crippen MR) is 113 cm³/mol. The van der Waals surface area contributed by atoms with Gasteiger partial charge in [0.25, 0.3) is 0 Å². The minimum Gasteiger partial charge on any atom is -0.354 e. The molecule has 0 bridgehead atoms. The molecule has 152 valence electrons. The summed E-state index contributed by atoms with van der Waals surface area (Å²) in [6.45, 7) is 10.2. The topological polar surface area (TPSA) is 64.3 Å². The third-order valence-electron chi connectivity index (χ3n) is 5.11. The second-order valence-electron chi connectivity index (χ2n) is 7.33. The lowest BCUT2D eigenvalue weighted by Gasteiger charge is -2.34. The number of benzene rings is 1. The van der Waals surface area contributed by atoms with Crippen LogP contribution in [0.25, 0.3) is 0 Å². The standard InChI is InChI=1S/C20H27Cl2N5O/c1-14-12-24-19(25-14)15(2)20(28)23-5-6-26-7-9-27(10-8-26)13-16-3-4-17(21)18(22)11-16/h3-4,11-12,15H,5-10,13H2,1-2H3,(H,23,28)(H,24,25). The Bertz CT molecular complexity index is 802. The molecule has 0 radical (unpaired) electrons. The predicted octanol–water partition coefficient (Wildman–Crippen LogP) is 3.06. The largest absolute Gasteiger partial charge is 0.354 e. The molecule has 0 aliphatic carbocycles. The van der Waals surface area contributed by atoms with Crippen molar-refractivity contribution in [3.63, 3.8) is 0 Å². The fourth-order valence-electron chi connectivity index (χ4n) is 3.33. The van der Waals surface area contributed by atoms with E-state index in [1.165, 1.54) is 5.56 Å². The zero-order valence-corrected chi connectivity index (χ0v) is 17.9. The van der Waals surface area contributed by atoms with E-state index in [0.717, 1.165) is 45.0 Å². The Morgan fingerprint density at radius 1 is 1.21 bits per heavy atom. The van der Waals surface area contributed by atoms with Gasteiger partial charge < -0.3 is 10.3 Å². The monoisotopic (exact) mass is 423 g/mol. The number of piperazine rings is 1. The number of aromatic nitrogens is 2. The molecule has 2 N–H and O–H groups in total. The zero-order chi connectivity index (χ0) is 20.1. The van der Waals surface area contributed by atoms with Gasteiger partial charge in [0.15, 0.2) is 0 Å². The highest BCUT2D eigenvalue weighted by Gasteiger charge is 2.20. The zero-order valence-electron chi connectivity index (χ0n) is 16.3. The Hall–Kier alpha value is -1.60. The van der Waals surface area contributed by atoms with Gasteiger partial charge in [-0.2, -0.15) is 0 Å². The molecule has 1 aliphatic rings. The average molecular weight is 424 g/mol. The first-order valence-corrected chi connectivity index (χ1v) is 10.4. The molecule has 28 heavy (non-hydrogen) atoms. The summed E-state index contributed by atoms with van der Waals surface area (Å²) in [5.41, 5.74) is 2.14. The van der Waals surface area contributed by atoms with Crippen LogP contribution in [0.1, 0.15) is 29.9 Å². The van der Waals surface area contributed by atoms with Crippen LogP contribution in [0.4, 0.5) is 0 Å². The number of nitrogens with zero attached hydrogens (tertiary/aromatic N) is 3. The van der Waals surface area contributed by atoms with Crippen LogP contribution in [0.2, 0.25) is 10.0 Å². The highest BCUT2D eigenvalue weighted by Crippen LogP contribution is 2.23. The Morgan fingerprint density at radius 2 is 1.93 bits per heavy atom. The number of hydrogen-bond acceptors (Lipinski definition) is 4. The Balaban J connectivity index is 1.36. The van der Waals surface area contributed by atoms with Crippen LogP contribution in [0.5, 0.6) is 0 Å². The number of nitrogens with one attached hydrogen (secondary N) is 2. The lowest BCUT2D eigenvalue weighted by atomic mass is 10.1. The number of halogens is 2. The minimum absolute atomic E-state index is 0.00704. The van der Waals surface area contributed by atoms with Crippen molar-refractivity contribution in [2.24, 2.45) is 0 Å². The molecule has 1 amide bonds. The molecule has 6 nitrogen and oxygen atoms in total. The summed E-state index contributed by atoms with van der Waals surface area (Å²) in [4.78, 5) is 24.4. The summed E-state index contributed by atoms with van der Waals surface area (Å²) in [6, 6.07) is 5.81. The third kappa shape index (κ3) is 5.70. The van der Waals surface area contributed by atoms with E-state index < -0.39 is 0 Å². The molecule has 1 saturated heterocycles. The number of H-pyrrole nitrogens is 1. The van der Waals surface area contributed by atoms with Crippen molar-refractivity contribution in [2.75, 3.05) is 39.3 Å². The number of rotatable bonds is 7. The fraction of sp³-hybridized carbons (Fsp3) is 0.500. The van der Waals surface area contributed by atoms with Crippen LogP contribution >= 0.6 is 23.2 Å². The molecular formula is C20H27Cl2N5O. The molecule has 1 aliphatic heterocycles. The summed E-state index contributed by atoms with van der Waals surface area (Å²) in [7, 11) is 0. The SMILES string of the molecule is Cc1cnc(C(C)C(=O)NCCN2CCN(Cc3ccc(Cl)c(Cl)c3)CC2)[nH]1. The van der Waals surface area contributed by atoms with Crippen molar-refractivity contribution in [1.82, 2.24) is 25.1 Å². The van der Waals surface area contributed by atoms with E-state index >= 15 is 0 Å². The number of hydrogen-bond donors (Lipinski definition) is 2. The van der Waals surface area contributed by atoms with Crippen LogP contribution in [0.3, 0.4) is 0 Å². The van der Waals surface area contributed by atoms with Crippen LogP contribution < -0.4 is 5.32 Å². The van der Waals surface area contributed by atoms with E-state index in [1.54, 1.807) is 6.20 Å². The van der Waals surface area contributed by atoms with Gasteiger partial charge in [-0.3, -0.25) is 14.6 Å². The number of imidazole rings is 1. The molecule has 1 fully saturated rings. The molecule has 2 aromatic rings. The van der Waals surface area contributed by atoms with Gasteiger partial charge in [-0.15, -0.1) is 0 Å². The average Bonchev–Trinajstić information content (AvgIpc) is 3.12. The van der Waals surface area contributed by atoms with E-state index in [4.69, 9.17) is 23.2 Å². The van der Waals surface area contributed by atoms with E-state index in [9.17, 15) is 4.79 Å². The molecule has 0 spiro atoms. The maximum absolute atomic E-state index is 12.3. The van der Waals surface area contributed by atoms with E-state index in [-0.39, 0.29) is 11.8 Å². The quantitative estimate of drug-likeness (QED) is 0.717.